The summed E-state index contributed by atoms with van der Waals surface area (Å²) in [5.41, 5.74) is 2.89. The van der Waals surface area contributed by atoms with Crippen LogP contribution in [0.3, 0.4) is 0 Å². The van der Waals surface area contributed by atoms with Gasteiger partial charge >= 0.3 is 0 Å². The maximum Gasteiger partial charge on any atom is 0.122 e. The van der Waals surface area contributed by atoms with Crippen LogP contribution in [0.25, 0.3) is 0 Å². The Bertz CT molecular complexity index is 356. The lowest BCUT2D eigenvalue weighted by atomic mass is 9.89. The molecule has 79 valence electrons. The predicted molar refractivity (Wildman–Crippen MR) is 59.5 cm³/mol. The van der Waals surface area contributed by atoms with E-state index in [4.69, 9.17) is 4.74 Å². The fourth-order valence-electron chi connectivity index (χ4n) is 2.54. The Morgan fingerprint density at radius 1 is 1.20 bits per heavy atom. The van der Waals surface area contributed by atoms with E-state index in [-0.39, 0.29) is 0 Å². The molecule has 0 spiro atoms. The number of benzene rings is 1. The van der Waals surface area contributed by atoms with E-state index < -0.39 is 0 Å². The SMILES string of the molecule is c1cc2c(cc1C1CC[N]CC1)CCO2. The Hall–Kier alpha value is -1.02. The molecule has 0 saturated carbocycles. The van der Waals surface area contributed by atoms with E-state index in [0.717, 1.165) is 37.8 Å². The molecule has 1 radical (unpaired) electrons. The van der Waals surface area contributed by atoms with Crippen molar-refractivity contribution in [2.75, 3.05) is 19.7 Å². The minimum atomic E-state index is 0.730. The molecule has 0 bridgehead atoms. The summed E-state index contributed by atoms with van der Waals surface area (Å²) in [7, 11) is 0. The van der Waals surface area contributed by atoms with Gasteiger partial charge in [-0.05, 0) is 36.0 Å². The molecule has 2 aliphatic heterocycles. The largest absolute Gasteiger partial charge is 0.493 e. The molecule has 1 aromatic carbocycles. The van der Waals surface area contributed by atoms with Gasteiger partial charge in [-0.3, -0.25) is 0 Å². The molecule has 0 N–H and O–H groups in total. The fourth-order valence-corrected chi connectivity index (χ4v) is 2.54. The topological polar surface area (TPSA) is 23.3 Å². The molecule has 2 heterocycles. The van der Waals surface area contributed by atoms with E-state index in [1.54, 1.807) is 0 Å². The van der Waals surface area contributed by atoms with E-state index in [1.165, 1.54) is 24.0 Å². The van der Waals surface area contributed by atoms with Crippen LogP contribution in [0.15, 0.2) is 18.2 Å². The van der Waals surface area contributed by atoms with E-state index in [0.29, 0.717) is 0 Å². The molecule has 1 aromatic rings. The standard InChI is InChI=1S/C13H16NO/c1-2-13-12(5-8-15-13)9-11(1)10-3-6-14-7-4-10/h1-2,9-10H,3-8H2. The average molecular weight is 202 g/mol. The van der Waals surface area contributed by atoms with Crippen LogP contribution in [0.4, 0.5) is 0 Å². The normalized spacial score (nSPS) is 21.1. The Morgan fingerprint density at radius 3 is 2.93 bits per heavy atom. The third-order valence-electron chi connectivity index (χ3n) is 3.46. The Balaban J connectivity index is 1.85. The highest BCUT2D eigenvalue weighted by atomic mass is 16.5. The Labute approximate surface area is 90.6 Å². The molecule has 3 rings (SSSR count). The van der Waals surface area contributed by atoms with Gasteiger partial charge in [-0.15, -0.1) is 0 Å². The molecular formula is C13H16NO. The van der Waals surface area contributed by atoms with Crippen molar-refractivity contribution in [2.24, 2.45) is 0 Å². The van der Waals surface area contributed by atoms with Crippen molar-refractivity contribution in [2.45, 2.75) is 25.2 Å². The first-order valence-corrected chi connectivity index (χ1v) is 5.82. The summed E-state index contributed by atoms with van der Waals surface area (Å²) in [6.45, 7) is 2.94. The van der Waals surface area contributed by atoms with Gasteiger partial charge in [-0.1, -0.05) is 12.1 Å². The van der Waals surface area contributed by atoms with Crippen LogP contribution in [0.2, 0.25) is 0 Å². The van der Waals surface area contributed by atoms with Gasteiger partial charge in [0.15, 0.2) is 0 Å². The van der Waals surface area contributed by atoms with Gasteiger partial charge < -0.3 is 4.74 Å². The Kier molecular flexibility index (Phi) is 2.37. The summed E-state index contributed by atoms with van der Waals surface area (Å²) < 4.78 is 5.52. The predicted octanol–water partition coefficient (Wildman–Crippen LogP) is 2.10. The van der Waals surface area contributed by atoms with Crippen LogP contribution in [0.1, 0.15) is 29.9 Å². The Morgan fingerprint density at radius 2 is 2.07 bits per heavy atom. The number of piperidine rings is 1. The van der Waals surface area contributed by atoms with Gasteiger partial charge in [-0.25, -0.2) is 5.32 Å². The van der Waals surface area contributed by atoms with Gasteiger partial charge in [0.1, 0.15) is 5.75 Å². The van der Waals surface area contributed by atoms with Gasteiger partial charge in [-0.2, -0.15) is 0 Å². The van der Waals surface area contributed by atoms with Crippen molar-refractivity contribution in [3.63, 3.8) is 0 Å². The van der Waals surface area contributed by atoms with Gasteiger partial charge in [0.25, 0.3) is 0 Å². The number of hydrogen-bond acceptors (Lipinski definition) is 1. The summed E-state index contributed by atoms with van der Waals surface area (Å²) in [5, 5.41) is 4.40. The second kappa shape index (κ2) is 3.86. The summed E-state index contributed by atoms with van der Waals surface area (Å²) >= 11 is 0. The fraction of sp³-hybridized carbons (Fsp3) is 0.538. The third-order valence-corrected chi connectivity index (χ3v) is 3.46. The molecule has 0 unspecified atom stereocenters. The minimum absolute atomic E-state index is 0.730. The van der Waals surface area contributed by atoms with Crippen LogP contribution >= 0.6 is 0 Å². The number of hydrogen-bond donors (Lipinski definition) is 0. The van der Waals surface area contributed by atoms with Crippen molar-refractivity contribution < 1.29 is 4.74 Å². The van der Waals surface area contributed by atoms with E-state index in [1.807, 2.05) is 0 Å². The first-order valence-electron chi connectivity index (χ1n) is 5.82. The van der Waals surface area contributed by atoms with E-state index in [2.05, 4.69) is 23.5 Å². The lowest BCUT2D eigenvalue weighted by Gasteiger charge is -2.22. The molecule has 0 aromatic heterocycles. The smallest absolute Gasteiger partial charge is 0.122 e. The molecule has 2 aliphatic rings. The molecule has 1 fully saturated rings. The lowest BCUT2D eigenvalue weighted by molar-refractivity contribution is 0.356. The van der Waals surface area contributed by atoms with Crippen molar-refractivity contribution in [1.82, 2.24) is 5.32 Å². The highest BCUT2D eigenvalue weighted by molar-refractivity contribution is 5.41. The van der Waals surface area contributed by atoms with Crippen LogP contribution in [-0.4, -0.2) is 19.7 Å². The number of nitrogens with zero attached hydrogens (tertiary/aromatic N) is 1. The molecule has 0 aliphatic carbocycles. The van der Waals surface area contributed by atoms with Gasteiger partial charge in [0.05, 0.1) is 6.61 Å². The monoisotopic (exact) mass is 202 g/mol. The molecule has 15 heavy (non-hydrogen) atoms. The zero-order valence-corrected chi connectivity index (χ0v) is 8.91. The lowest BCUT2D eigenvalue weighted by Crippen LogP contribution is -2.20. The second-order valence-corrected chi connectivity index (χ2v) is 4.41. The van der Waals surface area contributed by atoms with Crippen molar-refractivity contribution in [3.05, 3.63) is 29.3 Å². The highest BCUT2D eigenvalue weighted by Crippen LogP contribution is 2.32. The molecule has 0 amide bonds. The molecule has 2 heteroatoms. The average Bonchev–Trinajstić information content (AvgIpc) is 2.77. The first-order chi connectivity index (χ1) is 7.43. The maximum absolute atomic E-state index is 5.52. The van der Waals surface area contributed by atoms with Crippen molar-refractivity contribution >= 4 is 0 Å². The number of rotatable bonds is 1. The quantitative estimate of drug-likeness (QED) is 0.684. The van der Waals surface area contributed by atoms with Gasteiger partial charge in [0, 0.05) is 19.5 Å². The van der Waals surface area contributed by atoms with Crippen LogP contribution in [0.5, 0.6) is 5.75 Å². The first kappa shape index (κ1) is 9.22. The maximum atomic E-state index is 5.52. The van der Waals surface area contributed by atoms with Crippen LogP contribution < -0.4 is 10.1 Å². The summed E-state index contributed by atoms with van der Waals surface area (Å²) in [6, 6.07) is 6.72. The highest BCUT2D eigenvalue weighted by Gasteiger charge is 2.18. The minimum Gasteiger partial charge on any atom is -0.493 e. The zero-order chi connectivity index (χ0) is 10.1. The summed E-state index contributed by atoms with van der Waals surface area (Å²) in [6.07, 6.45) is 3.53. The molecule has 0 atom stereocenters. The van der Waals surface area contributed by atoms with Gasteiger partial charge in [0.2, 0.25) is 0 Å². The number of fused-ring (bicyclic) bond motifs is 1. The zero-order valence-electron chi connectivity index (χ0n) is 8.91. The number of ether oxygens (including phenoxy) is 1. The van der Waals surface area contributed by atoms with Crippen molar-refractivity contribution in [1.29, 1.82) is 0 Å². The third kappa shape index (κ3) is 1.74. The van der Waals surface area contributed by atoms with E-state index in [9.17, 15) is 0 Å². The molecular weight excluding hydrogens is 186 g/mol. The van der Waals surface area contributed by atoms with Crippen LogP contribution in [0, 0.1) is 0 Å². The van der Waals surface area contributed by atoms with Crippen molar-refractivity contribution in [3.8, 4) is 5.75 Å². The molecule has 2 nitrogen and oxygen atoms in total. The van der Waals surface area contributed by atoms with E-state index >= 15 is 0 Å². The summed E-state index contributed by atoms with van der Waals surface area (Å²) in [5.74, 6) is 1.83. The molecule has 1 saturated heterocycles. The second-order valence-electron chi connectivity index (χ2n) is 4.41. The van der Waals surface area contributed by atoms with Crippen LogP contribution in [-0.2, 0) is 6.42 Å². The summed E-state index contributed by atoms with van der Waals surface area (Å²) in [4.78, 5) is 0.